The average Bonchev–Trinajstić information content (AvgIpc) is 2.90. The molecule has 0 aromatic heterocycles. The molecule has 208 valence electrons. The van der Waals surface area contributed by atoms with Gasteiger partial charge in [0.25, 0.3) is 0 Å². The molecule has 6 nitrogen and oxygen atoms in total. The van der Waals surface area contributed by atoms with Gasteiger partial charge in [-0.2, -0.15) is 0 Å². The Morgan fingerprint density at radius 1 is 0.784 bits per heavy atom. The number of rotatable bonds is 17. The van der Waals surface area contributed by atoms with Crippen LogP contribution in [0.3, 0.4) is 0 Å². The van der Waals surface area contributed by atoms with Crippen LogP contribution < -0.4 is 14.2 Å². The van der Waals surface area contributed by atoms with Crippen LogP contribution in [-0.4, -0.2) is 43.7 Å². The van der Waals surface area contributed by atoms with Crippen LogP contribution in [0.25, 0.3) is 0 Å². The number of allylic oxidation sites excluding steroid dienone is 1. The van der Waals surface area contributed by atoms with Crippen LogP contribution in [0.2, 0.25) is 0 Å². The van der Waals surface area contributed by atoms with Crippen LogP contribution in [0.15, 0.2) is 35.8 Å². The summed E-state index contributed by atoms with van der Waals surface area (Å²) in [7, 11) is 0. The third kappa shape index (κ3) is 8.59. The van der Waals surface area contributed by atoms with E-state index in [4.69, 9.17) is 23.7 Å². The van der Waals surface area contributed by atoms with E-state index in [-0.39, 0.29) is 12.0 Å². The molecule has 1 unspecified atom stereocenters. The van der Waals surface area contributed by atoms with Crippen molar-refractivity contribution in [2.24, 2.45) is 5.92 Å². The number of hydrogen-bond donors (Lipinski definition) is 1. The second kappa shape index (κ2) is 15.8. The average molecular weight is 517 g/mol. The maximum absolute atomic E-state index is 11.2. The third-order valence-electron chi connectivity index (χ3n) is 6.84. The summed E-state index contributed by atoms with van der Waals surface area (Å²) in [5.41, 5.74) is 0.918. The van der Waals surface area contributed by atoms with E-state index in [2.05, 4.69) is 39.8 Å². The molecule has 1 N–H and O–H groups in total. The summed E-state index contributed by atoms with van der Waals surface area (Å²) in [6.07, 6.45) is 12.6. The van der Waals surface area contributed by atoms with Gasteiger partial charge >= 0.3 is 0 Å². The van der Waals surface area contributed by atoms with Crippen molar-refractivity contribution in [2.75, 3.05) is 26.4 Å². The third-order valence-corrected chi connectivity index (χ3v) is 6.84. The zero-order valence-corrected chi connectivity index (χ0v) is 23.4. The normalized spacial score (nSPS) is 20.8. The van der Waals surface area contributed by atoms with Crippen LogP contribution >= 0.6 is 0 Å². The highest BCUT2D eigenvalue weighted by Gasteiger charge is 2.37. The van der Waals surface area contributed by atoms with Gasteiger partial charge in [-0.1, -0.05) is 53.4 Å². The monoisotopic (exact) mass is 516 g/mol. The number of hydrogen-bond acceptors (Lipinski definition) is 6. The van der Waals surface area contributed by atoms with E-state index >= 15 is 0 Å². The van der Waals surface area contributed by atoms with Crippen molar-refractivity contribution in [3.8, 4) is 17.2 Å². The van der Waals surface area contributed by atoms with E-state index < -0.39 is 6.10 Å². The molecule has 0 saturated heterocycles. The summed E-state index contributed by atoms with van der Waals surface area (Å²) in [5, 5.41) is 11.2. The zero-order valence-electron chi connectivity index (χ0n) is 23.4. The minimum Gasteiger partial charge on any atom is -0.493 e. The molecule has 1 aromatic carbocycles. The number of aliphatic hydroxyl groups excluding tert-OH is 1. The van der Waals surface area contributed by atoms with E-state index in [1.54, 1.807) is 0 Å². The van der Waals surface area contributed by atoms with Gasteiger partial charge < -0.3 is 28.8 Å². The van der Waals surface area contributed by atoms with E-state index in [1.807, 2.05) is 12.1 Å². The van der Waals surface area contributed by atoms with Gasteiger partial charge in [-0.05, 0) is 44.3 Å². The second-order valence-electron chi connectivity index (χ2n) is 10.1. The van der Waals surface area contributed by atoms with Gasteiger partial charge in [-0.3, -0.25) is 0 Å². The molecular formula is C31H48O6. The molecule has 0 bridgehead atoms. The van der Waals surface area contributed by atoms with Gasteiger partial charge in [0.1, 0.15) is 23.4 Å². The SMILES string of the molecule is CCCCOC1=CCC([C@H]2Oc3cc(OCCCC)cc(OCCCC)c3C[C@H]2O)C=C1OCCCC. The number of fused-ring (bicyclic) bond motifs is 1. The van der Waals surface area contributed by atoms with Gasteiger partial charge in [-0.15, -0.1) is 0 Å². The van der Waals surface area contributed by atoms with Crippen LogP contribution in [0.1, 0.15) is 91.0 Å². The molecule has 37 heavy (non-hydrogen) atoms. The summed E-state index contributed by atoms with van der Waals surface area (Å²) >= 11 is 0. The van der Waals surface area contributed by atoms with Crippen molar-refractivity contribution < 1.29 is 28.8 Å². The van der Waals surface area contributed by atoms with Crippen molar-refractivity contribution in [2.45, 2.75) is 104 Å². The molecular weight excluding hydrogens is 468 g/mol. The van der Waals surface area contributed by atoms with E-state index in [0.717, 1.165) is 92.1 Å². The van der Waals surface area contributed by atoms with Gasteiger partial charge in [-0.25, -0.2) is 0 Å². The lowest BCUT2D eigenvalue weighted by molar-refractivity contribution is -0.00433. The first-order chi connectivity index (χ1) is 18.1. The Morgan fingerprint density at radius 3 is 2.03 bits per heavy atom. The zero-order chi connectivity index (χ0) is 26.5. The van der Waals surface area contributed by atoms with Crippen LogP contribution in [-0.2, 0) is 15.9 Å². The smallest absolute Gasteiger partial charge is 0.157 e. The van der Waals surface area contributed by atoms with Crippen molar-refractivity contribution >= 4 is 0 Å². The fourth-order valence-electron chi connectivity index (χ4n) is 4.52. The Bertz CT molecular complexity index is 877. The highest BCUT2D eigenvalue weighted by molar-refractivity contribution is 5.52. The Balaban J connectivity index is 1.80. The Kier molecular flexibility index (Phi) is 12.5. The summed E-state index contributed by atoms with van der Waals surface area (Å²) < 4.78 is 30.8. The highest BCUT2D eigenvalue weighted by Crippen LogP contribution is 2.42. The minimum absolute atomic E-state index is 0.0209. The fourth-order valence-corrected chi connectivity index (χ4v) is 4.52. The van der Waals surface area contributed by atoms with Crippen molar-refractivity contribution in [1.82, 2.24) is 0 Å². The second-order valence-corrected chi connectivity index (χ2v) is 10.1. The van der Waals surface area contributed by atoms with Crippen LogP contribution in [0.5, 0.6) is 17.2 Å². The van der Waals surface area contributed by atoms with Crippen LogP contribution in [0, 0.1) is 5.92 Å². The lowest BCUT2D eigenvalue weighted by Crippen LogP contribution is -2.43. The van der Waals surface area contributed by atoms with Gasteiger partial charge in [0.05, 0.1) is 32.5 Å². The molecule has 1 aliphatic carbocycles. The predicted molar refractivity (Wildman–Crippen MR) is 147 cm³/mol. The van der Waals surface area contributed by atoms with E-state index in [1.165, 1.54) is 0 Å². The Labute approximate surface area is 224 Å². The van der Waals surface area contributed by atoms with Gasteiger partial charge in [0.2, 0.25) is 0 Å². The van der Waals surface area contributed by atoms with E-state index in [0.29, 0.717) is 32.8 Å². The molecule has 1 aromatic rings. The Morgan fingerprint density at radius 2 is 1.38 bits per heavy atom. The minimum atomic E-state index is -0.651. The molecule has 0 spiro atoms. The largest absolute Gasteiger partial charge is 0.493 e. The van der Waals surface area contributed by atoms with Gasteiger partial charge in [0.15, 0.2) is 11.5 Å². The molecule has 0 fully saturated rings. The number of benzene rings is 1. The standard InChI is InChI=1S/C31H48O6/c1-5-9-15-33-24-20-28(35-17-11-7-3)25-22-26(32)31(37-29(25)21-24)23-13-14-27(34-16-10-6-2)30(19-23)36-18-12-8-4/h14,19-21,23,26,31-32H,5-13,15-18,22H2,1-4H3/t23?,26-,31-/m1/s1. The Hall–Kier alpha value is -2.34. The molecule has 0 radical (unpaired) electrons. The van der Waals surface area contributed by atoms with Crippen molar-refractivity contribution in [3.05, 3.63) is 41.4 Å². The molecule has 3 atom stereocenters. The van der Waals surface area contributed by atoms with Crippen molar-refractivity contribution in [3.63, 3.8) is 0 Å². The first-order valence-corrected chi connectivity index (χ1v) is 14.6. The molecule has 1 heterocycles. The lowest BCUT2D eigenvalue weighted by atomic mass is 9.86. The summed E-state index contributed by atoms with van der Waals surface area (Å²) in [6.45, 7) is 11.2. The fraction of sp³-hybridized carbons (Fsp3) is 0.677. The molecule has 6 heteroatoms. The number of aliphatic hydroxyl groups is 1. The maximum Gasteiger partial charge on any atom is 0.157 e. The van der Waals surface area contributed by atoms with Crippen molar-refractivity contribution in [1.29, 1.82) is 0 Å². The molecule has 0 amide bonds. The lowest BCUT2D eigenvalue weighted by Gasteiger charge is -2.36. The summed E-state index contributed by atoms with van der Waals surface area (Å²) in [5.74, 6) is 3.80. The molecule has 1 aliphatic heterocycles. The first kappa shape index (κ1) is 29.2. The molecule has 3 rings (SSSR count). The number of unbranched alkanes of at least 4 members (excludes halogenated alkanes) is 4. The first-order valence-electron chi connectivity index (χ1n) is 14.6. The van der Waals surface area contributed by atoms with E-state index in [9.17, 15) is 5.11 Å². The topological polar surface area (TPSA) is 66.4 Å². The summed E-state index contributed by atoms with van der Waals surface area (Å²) in [4.78, 5) is 0. The molecule has 0 saturated carbocycles. The quantitative estimate of drug-likeness (QED) is 0.222. The van der Waals surface area contributed by atoms with Gasteiger partial charge in [0, 0.05) is 30.0 Å². The summed E-state index contributed by atoms with van der Waals surface area (Å²) in [6, 6.07) is 3.90. The highest BCUT2D eigenvalue weighted by atomic mass is 16.5. The molecule has 2 aliphatic rings. The maximum atomic E-state index is 11.2. The predicted octanol–water partition coefficient (Wildman–Crippen LogP) is 7.13. The van der Waals surface area contributed by atoms with Crippen LogP contribution in [0.4, 0.5) is 0 Å². The number of ether oxygens (including phenoxy) is 5.